The molecule has 2 heterocycles. The van der Waals surface area contributed by atoms with Crippen LogP contribution in [0.2, 0.25) is 5.02 Å². The maximum absolute atomic E-state index is 13.4. The van der Waals surface area contributed by atoms with Crippen molar-refractivity contribution < 1.29 is 19.1 Å². The highest BCUT2D eigenvalue weighted by Crippen LogP contribution is 2.40. The molecule has 0 aliphatic carbocycles. The Morgan fingerprint density at radius 3 is 2.39 bits per heavy atom. The van der Waals surface area contributed by atoms with Crippen molar-refractivity contribution >= 4 is 34.7 Å². The number of piperidine rings is 1. The number of benzene rings is 1. The maximum Gasteiger partial charge on any atom is 0.411 e. The highest BCUT2D eigenvalue weighted by molar-refractivity contribution is 6.34. The van der Waals surface area contributed by atoms with E-state index in [0.29, 0.717) is 21.9 Å². The Morgan fingerprint density at radius 2 is 1.84 bits per heavy atom. The highest BCUT2D eigenvalue weighted by Gasteiger charge is 2.51. The molecule has 3 N–H and O–H groups in total. The molecule has 3 rings (SSSR count). The number of H-pyrrole nitrogens is 1. The second kappa shape index (κ2) is 7.98. The van der Waals surface area contributed by atoms with Gasteiger partial charge in [-0.3, -0.25) is 9.69 Å². The average Bonchev–Trinajstić information content (AvgIpc) is 3.04. The van der Waals surface area contributed by atoms with Crippen molar-refractivity contribution in [3.05, 3.63) is 29.0 Å². The number of carbonyl (C=O) groups excluding carboxylic acids is 2. The molecule has 0 radical (unpaired) electrons. The lowest BCUT2D eigenvalue weighted by Gasteiger charge is -2.43. The third-order valence-electron chi connectivity index (χ3n) is 5.07. The van der Waals surface area contributed by atoms with Crippen molar-refractivity contribution in [1.82, 2.24) is 14.9 Å². The van der Waals surface area contributed by atoms with Gasteiger partial charge in [-0.2, -0.15) is 0 Å². The molecule has 1 fully saturated rings. The molecule has 1 aromatic carbocycles. The van der Waals surface area contributed by atoms with E-state index in [-0.39, 0.29) is 19.4 Å². The minimum absolute atomic E-state index is 0.137. The van der Waals surface area contributed by atoms with Crippen LogP contribution in [0.15, 0.2) is 18.2 Å². The number of halogens is 1. The number of aromatic amines is 1. The number of nitrogens with two attached hydrogens (primary N) is 1. The van der Waals surface area contributed by atoms with Gasteiger partial charge in [-0.15, -0.1) is 0 Å². The number of rotatable bonds is 2. The van der Waals surface area contributed by atoms with E-state index in [1.165, 1.54) is 4.90 Å². The Kier molecular flexibility index (Phi) is 6.01. The number of imidazole rings is 1. The van der Waals surface area contributed by atoms with Gasteiger partial charge in [0.25, 0.3) is 0 Å². The summed E-state index contributed by atoms with van der Waals surface area (Å²) in [6.45, 7) is 11.0. The van der Waals surface area contributed by atoms with Crippen molar-refractivity contribution in [2.45, 2.75) is 77.2 Å². The lowest BCUT2D eigenvalue weighted by Crippen LogP contribution is -2.59. The van der Waals surface area contributed by atoms with Crippen molar-refractivity contribution in [3.63, 3.8) is 0 Å². The molecule has 1 saturated heterocycles. The van der Waals surface area contributed by atoms with Gasteiger partial charge < -0.3 is 20.2 Å². The van der Waals surface area contributed by atoms with Gasteiger partial charge in [-0.25, -0.2) is 9.78 Å². The summed E-state index contributed by atoms with van der Waals surface area (Å²) in [6.07, 6.45) is -0.838. The van der Waals surface area contributed by atoms with Gasteiger partial charge in [-0.05, 0) is 60.1 Å². The van der Waals surface area contributed by atoms with Gasteiger partial charge in [0.2, 0.25) is 0 Å². The van der Waals surface area contributed by atoms with Crippen LogP contribution in [-0.4, -0.2) is 50.8 Å². The van der Waals surface area contributed by atoms with Crippen molar-refractivity contribution in [1.29, 1.82) is 0 Å². The van der Waals surface area contributed by atoms with Crippen LogP contribution in [0.3, 0.4) is 0 Å². The first-order valence-electron chi connectivity index (χ1n) is 10.4. The van der Waals surface area contributed by atoms with Gasteiger partial charge in [-0.1, -0.05) is 17.7 Å². The fourth-order valence-corrected chi connectivity index (χ4v) is 3.91. The third-order valence-corrected chi connectivity index (χ3v) is 5.38. The number of aromatic nitrogens is 2. The lowest BCUT2D eigenvalue weighted by atomic mass is 9.76. The summed E-state index contributed by atoms with van der Waals surface area (Å²) in [4.78, 5) is 35.4. The smallest absolute Gasteiger partial charge is 0.411 e. The second-order valence-electron chi connectivity index (χ2n) is 10.0. The molecule has 1 aliphatic heterocycles. The van der Waals surface area contributed by atoms with Crippen LogP contribution < -0.4 is 5.73 Å². The molecule has 0 saturated carbocycles. The van der Waals surface area contributed by atoms with Crippen LogP contribution >= 0.6 is 11.6 Å². The van der Waals surface area contributed by atoms with E-state index >= 15 is 0 Å². The first-order valence-corrected chi connectivity index (χ1v) is 10.7. The molecule has 170 valence electrons. The predicted octanol–water partition coefficient (Wildman–Crippen LogP) is 4.11. The normalized spacial score (nSPS) is 22.5. The van der Waals surface area contributed by atoms with Crippen LogP contribution in [0.4, 0.5) is 4.79 Å². The number of fused-ring (bicyclic) bond motifs is 1. The number of ether oxygens (including phenoxy) is 2. The summed E-state index contributed by atoms with van der Waals surface area (Å²) in [5, 5.41) is 0.481. The second-order valence-corrected chi connectivity index (χ2v) is 10.4. The van der Waals surface area contributed by atoms with E-state index in [2.05, 4.69) is 9.97 Å². The van der Waals surface area contributed by atoms with Crippen LogP contribution in [0.5, 0.6) is 0 Å². The highest BCUT2D eigenvalue weighted by atomic mass is 35.5. The molecule has 1 aliphatic rings. The van der Waals surface area contributed by atoms with E-state index in [1.54, 1.807) is 26.8 Å². The summed E-state index contributed by atoms with van der Waals surface area (Å²) in [7, 11) is 0. The largest absolute Gasteiger partial charge is 0.459 e. The van der Waals surface area contributed by atoms with Crippen LogP contribution in [-0.2, 0) is 19.7 Å². The van der Waals surface area contributed by atoms with Crippen molar-refractivity contribution in [2.75, 3.05) is 6.54 Å². The van der Waals surface area contributed by atoms with Gasteiger partial charge in [0.1, 0.15) is 28.0 Å². The minimum Gasteiger partial charge on any atom is -0.459 e. The summed E-state index contributed by atoms with van der Waals surface area (Å²) in [5.74, 6) is -0.00129. The quantitative estimate of drug-likeness (QED) is 0.666. The Hall–Kier alpha value is -2.32. The van der Waals surface area contributed by atoms with Gasteiger partial charge in [0.15, 0.2) is 0 Å². The SMILES string of the molecule is CC(C)(C)OC(=O)N1CCC(C(=O)OC(C)(C)C)(c2nc3c(Cl)cccc3[nH]2)CC1N. The number of hydrogen-bond acceptors (Lipinski definition) is 6. The van der Waals surface area contributed by atoms with Crippen molar-refractivity contribution in [2.24, 2.45) is 5.73 Å². The number of nitrogens with one attached hydrogen (secondary N) is 1. The monoisotopic (exact) mass is 450 g/mol. The van der Waals surface area contributed by atoms with Crippen molar-refractivity contribution in [3.8, 4) is 0 Å². The first kappa shape index (κ1) is 23.3. The molecule has 0 bridgehead atoms. The number of esters is 1. The number of carbonyl (C=O) groups is 2. The summed E-state index contributed by atoms with van der Waals surface area (Å²) < 4.78 is 11.2. The van der Waals surface area contributed by atoms with E-state index in [4.69, 9.17) is 26.8 Å². The van der Waals surface area contributed by atoms with Crippen LogP contribution in [0, 0.1) is 0 Å². The van der Waals surface area contributed by atoms with E-state index in [9.17, 15) is 9.59 Å². The molecule has 9 heteroatoms. The molecule has 1 aromatic heterocycles. The number of amides is 1. The average molecular weight is 451 g/mol. The zero-order chi connectivity index (χ0) is 23.2. The molecule has 2 atom stereocenters. The molecule has 0 spiro atoms. The maximum atomic E-state index is 13.4. The molecule has 1 amide bonds. The topological polar surface area (TPSA) is 111 Å². The fourth-order valence-electron chi connectivity index (χ4n) is 3.69. The Morgan fingerprint density at radius 1 is 1.19 bits per heavy atom. The first-order chi connectivity index (χ1) is 14.2. The molecule has 2 unspecified atom stereocenters. The summed E-state index contributed by atoms with van der Waals surface area (Å²) in [5.41, 5.74) is 5.19. The van der Waals surface area contributed by atoms with E-state index in [0.717, 1.165) is 0 Å². The number of para-hydroxylation sites is 1. The Labute approximate surface area is 187 Å². The Bertz CT molecular complexity index is 992. The lowest BCUT2D eigenvalue weighted by molar-refractivity contribution is -0.165. The number of likely N-dealkylation sites (tertiary alicyclic amines) is 1. The summed E-state index contributed by atoms with van der Waals surface area (Å²) >= 11 is 6.30. The zero-order valence-electron chi connectivity index (χ0n) is 18.9. The minimum atomic E-state index is -1.15. The third kappa shape index (κ3) is 4.96. The molecular weight excluding hydrogens is 420 g/mol. The van der Waals surface area contributed by atoms with Gasteiger partial charge >= 0.3 is 12.1 Å². The molecular formula is C22H31ClN4O4. The van der Waals surface area contributed by atoms with E-state index < -0.39 is 34.8 Å². The Balaban J connectivity index is 1.99. The van der Waals surface area contributed by atoms with Gasteiger partial charge in [0.05, 0.1) is 16.7 Å². The number of hydrogen-bond donors (Lipinski definition) is 2. The van der Waals surface area contributed by atoms with E-state index in [1.807, 2.05) is 32.9 Å². The number of nitrogens with zero attached hydrogens (tertiary/aromatic N) is 2. The van der Waals surface area contributed by atoms with Crippen LogP contribution in [0.1, 0.15) is 60.2 Å². The van der Waals surface area contributed by atoms with Gasteiger partial charge in [0, 0.05) is 13.0 Å². The standard InChI is InChI=1S/C22H31ClN4O4/c1-20(2,3)30-18(28)22(17-25-14-9-7-8-13(23)16(14)26-17)10-11-27(15(24)12-22)19(29)31-21(4,5)6/h7-9,15H,10-12,24H2,1-6H3,(H,25,26). The van der Waals surface area contributed by atoms with Crippen LogP contribution in [0.25, 0.3) is 11.0 Å². The zero-order valence-corrected chi connectivity index (χ0v) is 19.7. The molecule has 31 heavy (non-hydrogen) atoms. The molecule has 2 aromatic rings. The fraction of sp³-hybridized carbons (Fsp3) is 0.591. The molecule has 8 nitrogen and oxygen atoms in total. The summed E-state index contributed by atoms with van der Waals surface area (Å²) in [6, 6.07) is 5.39. The predicted molar refractivity (Wildman–Crippen MR) is 119 cm³/mol.